The molecule has 0 aliphatic heterocycles. The fourth-order valence-electron chi connectivity index (χ4n) is 2.19. The molecule has 0 spiro atoms. The predicted octanol–water partition coefficient (Wildman–Crippen LogP) is 2.94. The summed E-state index contributed by atoms with van der Waals surface area (Å²) in [6.07, 6.45) is 0. The lowest BCUT2D eigenvalue weighted by atomic mass is 9.91. The van der Waals surface area contributed by atoms with Gasteiger partial charge >= 0.3 is 0 Å². The first kappa shape index (κ1) is 16.7. The Morgan fingerprint density at radius 3 is 2.09 bits per heavy atom. The average molecular weight is 321 g/mol. The van der Waals surface area contributed by atoms with Crippen LogP contribution in [0.4, 0.5) is 0 Å². The first-order valence-corrected chi connectivity index (χ1v) is 8.78. The van der Waals surface area contributed by atoms with E-state index in [-0.39, 0.29) is 10.3 Å². The van der Waals surface area contributed by atoms with Gasteiger partial charge in [0.15, 0.2) is 0 Å². The number of benzene rings is 1. The van der Waals surface area contributed by atoms with Crippen LogP contribution in [0.5, 0.6) is 0 Å². The molecule has 0 fully saturated rings. The van der Waals surface area contributed by atoms with Gasteiger partial charge in [0.05, 0.1) is 16.3 Å². The van der Waals surface area contributed by atoms with E-state index in [1.54, 1.807) is 12.1 Å². The Balaban J connectivity index is 2.56. The van der Waals surface area contributed by atoms with Crippen LogP contribution in [0.1, 0.15) is 51.9 Å². The van der Waals surface area contributed by atoms with Crippen molar-refractivity contribution in [3.8, 4) is 5.69 Å². The predicted molar refractivity (Wildman–Crippen MR) is 87.7 cm³/mol. The number of aromatic nitrogens is 2. The molecule has 1 aromatic heterocycles. The minimum Gasteiger partial charge on any atom is -0.237 e. The average Bonchev–Trinajstić information content (AvgIpc) is 2.83. The van der Waals surface area contributed by atoms with Crippen molar-refractivity contribution in [2.75, 3.05) is 0 Å². The number of nitrogens with two attached hydrogens (primary N) is 1. The second-order valence-electron chi connectivity index (χ2n) is 6.81. The number of nitrogens with zero attached hydrogens (tertiary/aromatic N) is 2. The molecule has 2 N–H and O–H groups in total. The van der Waals surface area contributed by atoms with E-state index in [0.717, 1.165) is 17.1 Å². The van der Waals surface area contributed by atoms with E-state index in [2.05, 4.69) is 45.8 Å². The van der Waals surface area contributed by atoms with E-state index < -0.39 is 10.0 Å². The minimum absolute atomic E-state index is 0.0707. The Kier molecular flexibility index (Phi) is 4.19. The maximum atomic E-state index is 11.4. The zero-order chi connectivity index (χ0) is 16.7. The molecule has 6 heteroatoms. The van der Waals surface area contributed by atoms with E-state index in [0.29, 0.717) is 5.92 Å². The highest BCUT2D eigenvalue weighted by molar-refractivity contribution is 7.89. The summed E-state index contributed by atoms with van der Waals surface area (Å²) in [5.41, 5.74) is 2.85. The lowest BCUT2D eigenvalue weighted by Crippen LogP contribution is -2.17. The summed E-state index contributed by atoms with van der Waals surface area (Å²) in [6.45, 7) is 10.6. The van der Waals surface area contributed by atoms with Crippen molar-refractivity contribution in [3.63, 3.8) is 0 Å². The topological polar surface area (TPSA) is 78.0 Å². The first-order chi connectivity index (χ1) is 10.00. The van der Waals surface area contributed by atoms with Gasteiger partial charge in [-0.15, -0.1) is 0 Å². The van der Waals surface area contributed by atoms with Gasteiger partial charge in [-0.25, -0.2) is 18.2 Å². The van der Waals surface area contributed by atoms with Gasteiger partial charge in [-0.3, -0.25) is 0 Å². The second kappa shape index (κ2) is 5.52. The molecule has 0 unspecified atom stereocenters. The van der Waals surface area contributed by atoms with Crippen LogP contribution in [-0.2, 0) is 15.4 Å². The van der Waals surface area contributed by atoms with Crippen LogP contribution in [0.15, 0.2) is 35.2 Å². The Morgan fingerprint density at radius 1 is 1.14 bits per heavy atom. The molecule has 0 saturated carbocycles. The maximum absolute atomic E-state index is 11.4. The monoisotopic (exact) mass is 321 g/mol. The van der Waals surface area contributed by atoms with Crippen LogP contribution in [-0.4, -0.2) is 18.2 Å². The zero-order valence-corrected chi connectivity index (χ0v) is 14.5. The van der Waals surface area contributed by atoms with Crippen molar-refractivity contribution >= 4 is 10.0 Å². The first-order valence-electron chi connectivity index (χ1n) is 7.24. The fraction of sp³-hybridized carbons (Fsp3) is 0.438. The van der Waals surface area contributed by atoms with E-state index in [9.17, 15) is 8.42 Å². The van der Waals surface area contributed by atoms with Crippen LogP contribution in [0.25, 0.3) is 5.69 Å². The molecule has 1 heterocycles. The molecule has 1 aromatic carbocycles. The van der Waals surface area contributed by atoms with Gasteiger partial charge < -0.3 is 0 Å². The Bertz CT molecular complexity index is 767. The third-order valence-corrected chi connectivity index (χ3v) is 4.43. The molecule has 120 valence electrons. The van der Waals surface area contributed by atoms with Gasteiger partial charge in [-0.1, -0.05) is 34.6 Å². The van der Waals surface area contributed by atoms with E-state index >= 15 is 0 Å². The quantitative estimate of drug-likeness (QED) is 0.944. The molecule has 2 aromatic rings. The molecule has 0 saturated heterocycles. The molecule has 0 bridgehead atoms. The molecule has 0 aliphatic rings. The van der Waals surface area contributed by atoms with Crippen LogP contribution >= 0.6 is 0 Å². The molecule has 0 aliphatic carbocycles. The summed E-state index contributed by atoms with van der Waals surface area (Å²) >= 11 is 0. The van der Waals surface area contributed by atoms with Gasteiger partial charge in [0.25, 0.3) is 0 Å². The van der Waals surface area contributed by atoms with E-state index in [1.807, 2.05) is 4.68 Å². The number of rotatable bonds is 3. The maximum Gasteiger partial charge on any atom is 0.238 e. The van der Waals surface area contributed by atoms with Gasteiger partial charge in [-0.2, -0.15) is 5.10 Å². The van der Waals surface area contributed by atoms with Crippen LogP contribution in [0.3, 0.4) is 0 Å². The summed E-state index contributed by atoms with van der Waals surface area (Å²) in [4.78, 5) is 0.102. The largest absolute Gasteiger partial charge is 0.238 e. The number of sulfonamides is 1. The van der Waals surface area contributed by atoms with Gasteiger partial charge in [0, 0.05) is 11.1 Å². The summed E-state index contributed by atoms with van der Waals surface area (Å²) in [5.74, 6) is 0.325. The van der Waals surface area contributed by atoms with Crippen LogP contribution in [0, 0.1) is 0 Å². The van der Waals surface area contributed by atoms with Crippen molar-refractivity contribution in [2.45, 2.75) is 50.8 Å². The van der Waals surface area contributed by atoms with Gasteiger partial charge in [-0.05, 0) is 36.2 Å². The molecular weight excluding hydrogens is 298 g/mol. The fourth-order valence-corrected chi connectivity index (χ4v) is 2.71. The normalized spacial score (nSPS) is 12.9. The van der Waals surface area contributed by atoms with Crippen molar-refractivity contribution in [1.82, 2.24) is 9.78 Å². The summed E-state index contributed by atoms with van der Waals surface area (Å²) in [7, 11) is -3.68. The van der Waals surface area contributed by atoms with Crippen molar-refractivity contribution in [1.29, 1.82) is 0 Å². The summed E-state index contributed by atoms with van der Waals surface area (Å²) in [6, 6.07) is 8.58. The van der Waals surface area contributed by atoms with Crippen molar-refractivity contribution in [3.05, 3.63) is 41.7 Å². The highest BCUT2D eigenvalue weighted by atomic mass is 32.2. The number of primary sulfonamides is 1. The van der Waals surface area contributed by atoms with E-state index in [1.165, 1.54) is 12.1 Å². The van der Waals surface area contributed by atoms with Gasteiger partial charge in [0.1, 0.15) is 0 Å². The van der Waals surface area contributed by atoms with Crippen LogP contribution in [0.2, 0.25) is 0 Å². The van der Waals surface area contributed by atoms with Crippen molar-refractivity contribution in [2.24, 2.45) is 5.14 Å². The smallest absolute Gasteiger partial charge is 0.237 e. The van der Waals surface area contributed by atoms with E-state index in [4.69, 9.17) is 5.14 Å². The lowest BCUT2D eigenvalue weighted by Gasteiger charge is -2.20. The standard InChI is InChI=1S/C16H23N3O2S/c1-11(2)14-10-15(16(3,4)5)19(18-14)12-6-8-13(9-7-12)22(17,20)21/h6-11H,1-5H3,(H2,17,20,21). The zero-order valence-electron chi connectivity index (χ0n) is 13.7. The highest BCUT2D eigenvalue weighted by Crippen LogP contribution is 2.28. The third-order valence-electron chi connectivity index (χ3n) is 3.50. The van der Waals surface area contributed by atoms with Crippen molar-refractivity contribution < 1.29 is 8.42 Å². The molecule has 0 radical (unpaired) electrons. The second-order valence-corrected chi connectivity index (χ2v) is 8.37. The molecular formula is C16H23N3O2S. The SMILES string of the molecule is CC(C)c1cc(C(C)(C)C)n(-c2ccc(S(N)(=O)=O)cc2)n1. The molecule has 0 amide bonds. The molecule has 0 atom stereocenters. The van der Waals surface area contributed by atoms with Gasteiger partial charge in [0.2, 0.25) is 10.0 Å². The number of hydrogen-bond donors (Lipinski definition) is 1. The third kappa shape index (κ3) is 3.39. The Morgan fingerprint density at radius 2 is 1.68 bits per heavy atom. The highest BCUT2D eigenvalue weighted by Gasteiger charge is 2.23. The van der Waals surface area contributed by atoms with Crippen LogP contribution < -0.4 is 5.14 Å². The molecule has 2 rings (SSSR count). The Hall–Kier alpha value is -1.66. The molecule has 22 heavy (non-hydrogen) atoms. The Labute approximate surface area is 132 Å². The summed E-state index contributed by atoms with van der Waals surface area (Å²) < 4.78 is 24.6. The summed E-state index contributed by atoms with van der Waals surface area (Å²) in [5, 5.41) is 9.81. The molecule has 5 nitrogen and oxygen atoms in total. The lowest BCUT2D eigenvalue weighted by molar-refractivity contribution is 0.543. The minimum atomic E-state index is -3.68. The number of hydrogen-bond acceptors (Lipinski definition) is 3.